The van der Waals surface area contributed by atoms with E-state index in [1.807, 2.05) is 0 Å². The number of phenolic OH excluding ortho intramolecular Hbond substituents is 1. The van der Waals surface area contributed by atoms with Crippen molar-refractivity contribution in [3.8, 4) is 5.75 Å². The van der Waals surface area contributed by atoms with E-state index in [1.165, 1.54) is 0 Å². The lowest BCUT2D eigenvalue weighted by molar-refractivity contribution is -0.490. The molecule has 1 atom stereocenters. The molecule has 0 bridgehead atoms. The van der Waals surface area contributed by atoms with Crippen LogP contribution in [0, 0.1) is 10.1 Å². The van der Waals surface area contributed by atoms with Gasteiger partial charge in [0.2, 0.25) is 6.54 Å². The first-order valence-electron chi connectivity index (χ1n) is 4.28. The number of benzene rings is 1. The molecule has 16 heavy (non-hydrogen) atoms. The summed E-state index contributed by atoms with van der Waals surface area (Å²) in [7, 11) is 0. The van der Waals surface area contributed by atoms with Gasteiger partial charge in [-0.2, -0.15) is 13.2 Å². The second kappa shape index (κ2) is 4.38. The minimum absolute atomic E-state index is 0.189. The van der Waals surface area contributed by atoms with Gasteiger partial charge < -0.3 is 5.11 Å². The fraction of sp³-hybridized carbons (Fsp3) is 0.333. The van der Waals surface area contributed by atoms with Crippen LogP contribution in [0.4, 0.5) is 13.2 Å². The predicted molar refractivity (Wildman–Crippen MR) is 48.8 cm³/mol. The van der Waals surface area contributed by atoms with Gasteiger partial charge >= 0.3 is 6.18 Å². The van der Waals surface area contributed by atoms with Gasteiger partial charge in [0.25, 0.3) is 0 Å². The van der Waals surface area contributed by atoms with Gasteiger partial charge in [0, 0.05) is 4.92 Å². The number of nitrogens with zero attached hydrogens (tertiary/aromatic N) is 1. The number of hydrogen-bond donors (Lipinski definition) is 1. The molecule has 0 saturated carbocycles. The van der Waals surface area contributed by atoms with Crippen LogP contribution in [-0.2, 0) is 0 Å². The van der Waals surface area contributed by atoms with Crippen molar-refractivity contribution in [2.75, 3.05) is 6.54 Å². The Bertz CT molecular complexity index is 375. The molecule has 0 spiro atoms. The molecule has 1 N–H and O–H groups in total. The average Bonchev–Trinajstić information content (AvgIpc) is 2.14. The molecule has 1 aromatic rings. The van der Waals surface area contributed by atoms with E-state index in [0.717, 1.165) is 24.3 Å². The Kier molecular flexibility index (Phi) is 3.36. The van der Waals surface area contributed by atoms with Gasteiger partial charge in [-0.3, -0.25) is 10.1 Å². The number of aromatic hydroxyl groups is 1. The Labute approximate surface area is 88.5 Å². The lowest BCUT2D eigenvalue weighted by Gasteiger charge is -2.16. The highest BCUT2D eigenvalue weighted by molar-refractivity contribution is 5.29. The van der Waals surface area contributed by atoms with E-state index < -0.39 is 23.6 Å². The van der Waals surface area contributed by atoms with Crippen molar-refractivity contribution in [2.45, 2.75) is 12.1 Å². The predicted octanol–water partition coefficient (Wildman–Crippen LogP) is 2.31. The van der Waals surface area contributed by atoms with Crippen LogP contribution in [0.1, 0.15) is 11.5 Å². The SMILES string of the molecule is O=[N+]([O-])CC(c1ccc(O)cc1)C(F)(F)F. The molecule has 0 heterocycles. The summed E-state index contributed by atoms with van der Waals surface area (Å²) in [6.45, 7) is -1.21. The van der Waals surface area contributed by atoms with E-state index in [9.17, 15) is 23.3 Å². The van der Waals surface area contributed by atoms with Crippen molar-refractivity contribution in [3.05, 3.63) is 39.9 Å². The van der Waals surface area contributed by atoms with Gasteiger partial charge in [-0.25, -0.2) is 0 Å². The first kappa shape index (κ1) is 12.3. The molecule has 0 aliphatic rings. The second-order valence-corrected chi connectivity index (χ2v) is 3.20. The van der Waals surface area contributed by atoms with Crippen molar-refractivity contribution >= 4 is 0 Å². The van der Waals surface area contributed by atoms with Crippen LogP contribution >= 0.6 is 0 Å². The maximum absolute atomic E-state index is 12.5. The molecule has 1 aromatic carbocycles. The van der Waals surface area contributed by atoms with Crippen LogP contribution in [-0.4, -0.2) is 22.8 Å². The Hall–Kier alpha value is -1.79. The number of nitro groups is 1. The lowest BCUT2D eigenvalue weighted by atomic mass is 9.98. The third-order valence-corrected chi connectivity index (χ3v) is 2.02. The molecular formula is C9H8F3NO3. The van der Waals surface area contributed by atoms with Gasteiger partial charge in [0.1, 0.15) is 11.7 Å². The van der Waals surface area contributed by atoms with Crippen LogP contribution in [0.5, 0.6) is 5.75 Å². The highest BCUT2D eigenvalue weighted by atomic mass is 19.4. The average molecular weight is 235 g/mol. The molecule has 0 fully saturated rings. The minimum atomic E-state index is -4.68. The highest BCUT2D eigenvalue weighted by Gasteiger charge is 2.44. The summed E-state index contributed by atoms with van der Waals surface area (Å²) in [6, 6.07) is 4.18. The van der Waals surface area contributed by atoms with E-state index in [2.05, 4.69) is 0 Å². The summed E-state index contributed by atoms with van der Waals surface area (Å²) in [4.78, 5) is 9.14. The van der Waals surface area contributed by atoms with Crippen molar-refractivity contribution in [1.29, 1.82) is 0 Å². The number of hydrogen-bond acceptors (Lipinski definition) is 3. The van der Waals surface area contributed by atoms with Crippen LogP contribution in [0.2, 0.25) is 0 Å². The Morgan fingerprint density at radius 2 is 1.81 bits per heavy atom. The quantitative estimate of drug-likeness (QED) is 0.645. The van der Waals surface area contributed by atoms with Crippen molar-refractivity contribution < 1.29 is 23.2 Å². The van der Waals surface area contributed by atoms with E-state index in [-0.39, 0.29) is 11.3 Å². The highest BCUT2D eigenvalue weighted by Crippen LogP contribution is 2.35. The first-order valence-corrected chi connectivity index (χ1v) is 4.28. The summed E-state index contributed by atoms with van der Waals surface area (Å²) >= 11 is 0. The Morgan fingerprint density at radius 1 is 1.31 bits per heavy atom. The second-order valence-electron chi connectivity index (χ2n) is 3.20. The van der Waals surface area contributed by atoms with E-state index >= 15 is 0 Å². The monoisotopic (exact) mass is 235 g/mol. The largest absolute Gasteiger partial charge is 0.508 e. The first-order chi connectivity index (χ1) is 7.30. The topological polar surface area (TPSA) is 63.4 Å². The smallest absolute Gasteiger partial charge is 0.402 e. The van der Waals surface area contributed by atoms with Gasteiger partial charge in [-0.05, 0) is 17.7 Å². The van der Waals surface area contributed by atoms with Crippen LogP contribution in [0.3, 0.4) is 0 Å². The van der Waals surface area contributed by atoms with E-state index in [0.29, 0.717) is 0 Å². The summed E-state index contributed by atoms with van der Waals surface area (Å²) in [6.07, 6.45) is -4.68. The van der Waals surface area contributed by atoms with E-state index in [1.54, 1.807) is 0 Å². The minimum Gasteiger partial charge on any atom is -0.508 e. The van der Waals surface area contributed by atoms with Crippen LogP contribution in [0.15, 0.2) is 24.3 Å². The van der Waals surface area contributed by atoms with Crippen LogP contribution < -0.4 is 0 Å². The molecule has 0 aromatic heterocycles. The van der Waals surface area contributed by atoms with Crippen molar-refractivity contribution in [1.82, 2.24) is 0 Å². The van der Waals surface area contributed by atoms with Gasteiger partial charge in [0.15, 0.2) is 0 Å². The standard InChI is InChI=1S/C9H8F3NO3/c10-9(11,12)8(5-13(15)16)6-1-3-7(14)4-2-6/h1-4,8,14H,5H2. The molecule has 0 aliphatic heterocycles. The molecule has 4 nitrogen and oxygen atoms in total. The molecule has 0 aliphatic carbocycles. The molecule has 1 unspecified atom stereocenters. The molecule has 7 heteroatoms. The van der Waals surface area contributed by atoms with Crippen LogP contribution in [0.25, 0.3) is 0 Å². The van der Waals surface area contributed by atoms with Crippen molar-refractivity contribution in [3.63, 3.8) is 0 Å². The third kappa shape index (κ3) is 3.11. The summed E-state index contributed by atoms with van der Waals surface area (Å²) in [5.41, 5.74) is -0.234. The van der Waals surface area contributed by atoms with Gasteiger partial charge in [-0.15, -0.1) is 0 Å². The number of alkyl halides is 3. The lowest BCUT2D eigenvalue weighted by Crippen LogP contribution is -2.27. The number of halogens is 3. The fourth-order valence-electron chi connectivity index (χ4n) is 1.25. The zero-order chi connectivity index (χ0) is 12.3. The molecule has 0 amide bonds. The van der Waals surface area contributed by atoms with Gasteiger partial charge in [0.05, 0.1) is 0 Å². The van der Waals surface area contributed by atoms with Crippen molar-refractivity contribution in [2.24, 2.45) is 0 Å². The summed E-state index contributed by atoms with van der Waals surface area (Å²) in [5, 5.41) is 19.1. The normalized spacial score (nSPS) is 13.4. The van der Waals surface area contributed by atoms with Gasteiger partial charge in [-0.1, -0.05) is 12.1 Å². The number of phenols is 1. The molecule has 0 radical (unpaired) electrons. The zero-order valence-corrected chi connectivity index (χ0v) is 7.94. The molecule has 0 saturated heterocycles. The van der Waals surface area contributed by atoms with E-state index in [4.69, 9.17) is 5.11 Å². The fourth-order valence-corrected chi connectivity index (χ4v) is 1.25. The molecule has 88 valence electrons. The maximum Gasteiger partial charge on any atom is 0.402 e. The molecule has 1 rings (SSSR count). The molecular weight excluding hydrogens is 227 g/mol. The number of rotatable bonds is 3. The Balaban J connectivity index is 3.01. The maximum atomic E-state index is 12.5. The summed E-state index contributed by atoms with van der Waals surface area (Å²) in [5.74, 6) is -2.34. The third-order valence-electron chi connectivity index (χ3n) is 2.02. The Morgan fingerprint density at radius 3 is 2.19 bits per heavy atom. The summed E-state index contributed by atoms with van der Waals surface area (Å²) < 4.78 is 37.5. The zero-order valence-electron chi connectivity index (χ0n) is 7.94.